The summed E-state index contributed by atoms with van der Waals surface area (Å²) in [5.74, 6) is 0.688. The van der Waals surface area contributed by atoms with Crippen LogP contribution in [0.1, 0.15) is 31.7 Å². The Kier molecular flexibility index (Phi) is 4.82. The second-order valence-corrected chi connectivity index (χ2v) is 7.71. The minimum absolute atomic E-state index is 0.0151. The van der Waals surface area contributed by atoms with Gasteiger partial charge in [-0.1, -0.05) is 25.1 Å². The minimum atomic E-state index is -3.11. The van der Waals surface area contributed by atoms with Crippen LogP contribution in [-0.4, -0.2) is 25.2 Å². The van der Waals surface area contributed by atoms with Crippen molar-refractivity contribution in [2.45, 2.75) is 33.2 Å². The predicted octanol–water partition coefficient (Wildman–Crippen LogP) is 1.44. The first kappa shape index (κ1) is 15.8. The Bertz CT molecular complexity index is 631. The Morgan fingerprint density at radius 1 is 1.52 bits per heavy atom. The Labute approximate surface area is 124 Å². The predicted molar refractivity (Wildman–Crippen MR) is 77.9 cm³/mol. The number of aromatic nitrogens is 1. The summed E-state index contributed by atoms with van der Waals surface area (Å²) < 4.78 is 27.6. The average Bonchev–Trinajstić information content (AvgIpc) is 2.93. The molecule has 0 radical (unpaired) electrons. The van der Waals surface area contributed by atoms with Crippen LogP contribution in [0, 0.1) is 11.8 Å². The minimum Gasteiger partial charge on any atom is -0.359 e. The number of nitrogens with zero attached hydrogens (tertiary/aromatic N) is 1. The van der Waals surface area contributed by atoms with E-state index in [1.54, 1.807) is 6.08 Å². The van der Waals surface area contributed by atoms with Crippen LogP contribution in [0.25, 0.3) is 0 Å². The number of sulfone groups is 1. The number of carbonyl (C=O) groups excluding carboxylic acids is 1. The molecule has 2 rings (SSSR count). The fraction of sp³-hybridized carbons (Fsp3) is 0.571. The fourth-order valence-electron chi connectivity index (χ4n) is 2.22. The number of hydrogen-bond donors (Lipinski definition) is 1. The maximum atomic E-state index is 11.8. The van der Waals surface area contributed by atoms with Gasteiger partial charge in [0.2, 0.25) is 5.91 Å². The molecule has 2 heterocycles. The summed E-state index contributed by atoms with van der Waals surface area (Å²) in [5.41, 5.74) is 0.874. The van der Waals surface area contributed by atoms with Crippen molar-refractivity contribution >= 4 is 15.7 Å². The molecule has 116 valence electrons. The van der Waals surface area contributed by atoms with E-state index in [0.29, 0.717) is 11.7 Å². The van der Waals surface area contributed by atoms with Crippen molar-refractivity contribution in [3.8, 4) is 0 Å². The molecule has 0 unspecified atom stereocenters. The van der Waals surface area contributed by atoms with Crippen molar-refractivity contribution in [1.29, 1.82) is 0 Å². The molecular weight excluding hydrogens is 292 g/mol. The molecule has 1 atom stereocenters. The summed E-state index contributed by atoms with van der Waals surface area (Å²) >= 11 is 0. The highest BCUT2D eigenvalue weighted by Crippen LogP contribution is 2.18. The topological polar surface area (TPSA) is 89.3 Å². The van der Waals surface area contributed by atoms with Crippen LogP contribution in [0.15, 0.2) is 22.1 Å². The first-order chi connectivity index (χ1) is 9.84. The standard InChI is InChI=1S/C14H20N2O4S/c1-10(2)5-12-7-13(20-16-12)8-15-14(17)6-11-3-4-21(18,19)9-11/h3-4,7,10-11H,5-6,8-9H2,1-2H3,(H,15,17)/t11-/m0/s1. The van der Waals surface area contributed by atoms with E-state index >= 15 is 0 Å². The van der Waals surface area contributed by atoms with Crippen LogP contribution >= 0.6 is 0 Å². The fourth-order valence-corrected chi connectivity index (χ4v) is 3.62. The molecule has 0 bridgehead atoms. The molecule has 0 saturated heterocycles. The monoisotopic (exact) mass is 312 g/mol. The SMILES string of the molecule is CC(C)Cc1cc(CNC(=O)C[C@@H]2C=CS(=O)(=O)C2)on1. The molecule has 1 amide bonds. The van der Waals surface area contributed by atoms with E-state index in [4.69, 9.17) is 4.52 Å². The van der Waals surface area contributed by atoms with E-state index in [0.717, 1.165) is 12.1 Å². The summed E-state index contributed by atoms with van der Waals surface area (Å²) in [6.07, 6.45) is 2.58. The molecule has 1 aliphatic heterocycles. The van der Waals surface area contributed by atoms with Gasteiger partial charge in [0.25, 0.3) is 0 Å². The molecule has 0 aliphatic carbocycles. The Morgan fingerprint density at radius 3 is 2.90 bits per heavy atom. The highest BCUT2D eigenvalue weighted by molar-refractivity contribution is 7.94. The normalized spacial score (nSPS) is 20.0. The van der Waals surface area contributed by atoms with Gasteiger partial charge in [0.15, 0.2) is 15.6 Å². The van der Waals surface area contributed by atoms with E-state index in [1.165, 1.54) is 5.41 Å². The Morgan fingerprint density at radius 2 is 2.29 bits per heavy atom. The van der Waals surface area contributed by atoms with Crippen LogP contribution in [-0.2, 0) is 27.6 Å². The van der Waals surface area contributed by atoms with Gasteiger partial charge in [-0.15, -0.1) is 0 Å². The first-order valence-electron chi connectivity index (χ1n) is 6.96. The lowest BCUT2D eigenvalue weighted by atomic mass is 10.1. The van der Waals surface area contributed by atoms with Gasteiger partial charge in [0.05, 0.1) is 18.0 Å². The third-order valence-electron chi connectivity index (χ3n) is 3.14. The van der Waals surface area contributed by atoms with E-state index in [-0.39, 0.29) is 30.5 Å². The molecule has 0 aromatic carbocycles. The molecule has 7 heteroatoms. The molecule has 21 heavy (non-hydrogen) atoms. The van der Waals surface area contributed by atoms with Gasteiger partial charge in [0.1, 0.15) is 0 Å². The zero-order chi connectivity index (χ0) is 15.5. The highest BCUT2D eigenvalue weighted by atomic mass is 32.2. The molecule has 0 spiro atoms. The van der Waals surface area contributed by atoms with Crippen LogP contribution in [0.5, 0.6) is 0 Å². The molecule has 1 aromatic rings. The second kappa shape index (κ2) is 6.43. The number of rotatable bonds is 6. The van der Waals surface area contributed by atoms with E-state index in [2.05, 4.69) is 24.3 Å². The molecule has 0 fully saturated rings. The van der Waals surface area contributed by atoms with Crippen LogP contribution in [0.4, 0.5) is 0 Å². The van der Waals surface area contributed by atoms with E-state index in [1.807, 2.05) is 6.07 Å². The van der Waals surface area contributed by atoms with Gasteiger partial charge in [-0.05, 0) is 12.3 Å². The van der Waals surface area contributed by atoms with Gasteiger partial charge in [-0.3, -0.25) is 4.79 Å². The van der Waals surface area contributed by atoms with Gasteiger partial charge in [-0.2, -0.15) is 0 Å². The number of carbonyl (C=O) groups is 1. The first-order valence-corrected chi connectivity index (χ1v) is 8.68. The number of amides is 1. The van der Waals surface area contributed by atoms with Crippen molar-refractivity contribution in [3.05, 3.63) is 29.0 Å². The number of nitrogens with one attached hydrogen (secondary N) is 1. The van der Waals surface area contributed by atoms with Crippen LogP contribution in [0.2, 0.25) is 0 Å². The summed E-state index contributed by atoms with van der Waals surface area (Å²) in [6, 6.07) is 1.83. The number of allylic oxidation sites excluding steroid dienone is 1. The molecular formula is C14H20N2O4S. The van der Waals surface area contributed by atoms with Crippen molar-refractivity contribution in [1.82, 2.24) is 10.5 Å². The molecule has 1 aliphatic rings. The Hall–Kier alpha value is -1.63. The molecule has 1 aromatic heterocycles. The lowest BCUT2D eigenvalue weighted by Gasteiger charge is -2.06. The molecule has 6 nitrogen and oxygen atoms in total. The third kappa shape index (κ3) is 5.00. The summed E-state index contributed by atoms with van der Waals surface area (Å²) in [4.78, 5) is 11.8. The number of hydrogen-bond acceptors (Lipinski definition) is 5. The average molecular weight is 312 g/mol. The summed E-state index contributed by atoms with van der Waals surface area (Å²) in [6.45, 7) is 4.46. The largest absolute Gasteiger partial charge is 0.359 e. The van der Waals surface area contributed by atoms with Crippen molar-refractivity contribution in [2.75, 3.05) is 5.75 Å². The lowest BCUT2D eigenvalue weighted by molar-refractivity contribution is -0.121. The van der Waals surface area contributed by atoms with Gasteiger partial charge in [0, 0.05) is 23.8 Å². The van der Waals surface area contributed by atoms with Gasteiger partial charge in [-0.25, -0.2) is 8.42 Å². The molecule has 0 saturated carbocycles. The third-order valence-corrected chi connectivity index (χ3v) is 4.60. The highest BCUT2D eigenvalue weighted by Gasteiger charge is 2.23. The van der Waals surface area contributed by atoms with Gasteiger partial charge >= 0.3 is 0 Å². The molecule has 1 N–H and O–H groups in total. The second-order valence-electron chi connectivity index (χ2n) is 5.78. The van der Waals surface area contributed by atoms with Crippen molar-refractivity contribution in [2.24, 2.45) is 11.8 Å². The van der Waals surface area contributed by atoms with Crippen molar-refractivity contribution < 1.29 is 17.7 Å². The van der Waals surface area contributed by atoms with E-state index in [9.17, 15) is 13.2 Å². The zero-order valence-electron chi connectivity index (χ0n) is 12.2. The Balaban J connectivity index is 1.77. The summed E-state index contributed by atoms with van der Waals surface area (Å²) in [7, 11) is -3.11. The van der Waals surface area contributed by atoms with Crippen LogP contribution in [0.3, 0.4) is 0 Å². The lowest BCUT2D eigenvalue weighted by Crippen LogP contribution is -2.25. The maximum Gasteiger partial charge on any atom is 0.220 e. The summed E-state index contributed by atoms with van der Waals surface area (Å²) in [5, 5.41) is 7.84. The quantitative estimate of drug-likeness (QED) is 0.858. The van der Waals surface area contributed by atoms with Gasteiger partial charge < -0.3 is 9.84 Å². The maximum absolute atomic E-state index is 11.8. The van der Waals surface area contributed by atoms with Crippen LogP contribution < -0.4 is 5.32 Å². The smallest absolute Gasteiger partial charge is 0.220 e. The van der Waals surface area contributed by atoms with Crippen molar-refractivity contribution in [3.63, 3.8) is 0 Å². The zero-order valence-corrected chi connectivity index (χ0v) is 13.0. The van der Waals surface area contributed by atoms with E-state index < -0.39 is 9.84 Å².